The molecule has 2 aromatic carbocycles. The first-order chi connectivity index (χ1) is 9.65. The van der Waals surface area contributed by atoms with Crippen LogP contribution >= 0.6 is 11.6 Å². The summed E-state index contributed by atoms with van der Waals surface area (Å²) in [5.41, 5.74) is 2.30. The van der Waals surface area contributed by atoms with Crippen LogP contribution in [0.4, 0.5) is 5.69 Å². The molecule has 0 heterocycles. The molecule has 0 saturated carbocycles. The lowest BCUT2D eigenvalue weighted by Gasteiger charge is -2.18. The van der Waals surface area contributed by atoms with Crippen molar-refractivity contribution in [1.29, 1.82) is 5.26 Å². The molecule has 2 aromatic rings. The maximum absolute atomic E-state index is 9.16. The summed E-state index contributed by atoms with van der Waals surface area (Å²) >= 11 is 6.19. The Balaban J connectivity index is 2.30. The molecule has 1 atom stereocenters. The maximum atomic E-state index is 9.16. The molecule has 0 aliphatic rings. The zero-order valence-electron chi connectivity index (χ0n) is 11.4. The SMILES string of the molecule is COc1ccc(C#N)c(NC(C)c2ccccc2Cl)c1. The molecule has 0 spiro atoms. The summed E-state index contributed by atoms with van der Waals surface area (Å²) in [5.74, 6) is 0.706. The van der Waals surface area contributed by atoms with Gasteiger partial charge in [0.2, 0.25) is 0 Å². The second kappa shape index (κ2) is 6.31. The second-order valence-corrected chi connectivity index (χ2v) is 4.82. The lowest BCUT2D eigenvalue weighted by Crippen LogP contribution is -2.08. The first-order valence-electron chi connectivity index (χ1n) is 6.25. The molecule has 102 valence electrons. The smallest absolute Gasteiger partial charge is 0.121 e. The van der Waals surface area contributed by atoms with Crippen LogP contribution < -0.4 is 10.1 Å². The second-order valence-electron chi connectivity index (χ2n) is 4.41. The summed E-state index contributed by atoms with van der Waals surface area (Å²) in [6.07, 6.45) is 0. The average molecular weight is 287 g/mol. The van der Waals surface area contributed by atoms with Crippen molar-refractivity contribution in [2.45, 2.75) is 13.0 Å². The van der Waals surface area contributed by atoms with E-state index in [1.807, 2.05) is 37.3 Å². The number of ether oxygens (including phenoxy) is 1. The normalized spacial score (nSPS) is 11.5. The van der Waals surface area contributed by atoms with Gasteiger partial charge in [-0.25, -0.2) is 0 Å². The molecule has 0 amide bonds. The van der Waals surface area contributed by atoms with E-state index in [0.29, 0.717) is 16.3 Å². The maximum Gasteiger partial charge on any atom is 0.121 e. The Bertz CT molecular complexity index is 649. The first kappa shape index (κ1) is 14.2. The van der Waals surface area contributed by atoms with Gasteiger partial charge in [-0.15, -0.1) is 0 Å². The molecule has 3 nitrogen and oxygen atoms in total. The van der Waals surface area contributed by atoms with Crippen molar-refractivity contribution < 1.29 is 4.74 Å². The summed E-state index contributed by atoms with van der Waals surface area (Å²) in [7, 11) is 1.60. The Morgan fingerprint density at radius 3 is 2.65 bits per heavy atom. The molecule has 2 rings (SSSR count). The van der Waals surface area contributed by atoms with Crippen molar-refractivity contribution in [2.75, 3.05) is 12.4 Å². The summed E-state index contributed by atoms with van der Waals surface area (Å²) in [4.78, 5) is 0. The molecule has 0 bridgehead atoms. The summed E-state index contributed by atoms with van der Waals surface area (Å²) in [6, 6.07) is 15.1. The molecular weight excluding hydrogens is 272 g/mol. The van der Waals surface area contributed by atoms with Crippen LogP contribution in [0.15, 0.2) is 42.5 Å². The third-order valence-electron chi connectivity index (χ3n) is 3.09. The molecular formula is C16H15ClN2O. The number of rotatable bonds is 4. The van der Waals surface area contributed by atoms with Crippen LogP contribution in [0, 0.1) is 11.3 Å². The number of nitrogens with one attached hydrogen (secondary N) is 1. The van der Waals surface area contributed by atoms with Crippen molar-refractivity contribution in [3.05, 3.63) is 58.6 Å². The van der Waals surface area contributed by atoms with E-state index in [1.165, 1.54) is 0 Å². The van der Waals surface area contributed by atoms with Gasteiger partial charge < -0.3 is 10.1 Å². The lowest BCUT2D eigenvalue weighted by molar-refractivity contribution is 0.415. The highest BCUT2D eigenvalue weighted by Gasteiger charge is 2.11. The monoisotopic (exact) mass is 286 g/mol. The van der Waals surface area contributed by atoms with Crippen molar-refractivity contribution in [3.63, 3.8) is 0 Å². The molecule has 4 heteroatoms. The highest BCUT2D eigenvalue weighted by Crippen LogP contribution is 2.29. The summed E-state index contributed by atoms with van der Waals surface area (Å²) in [5, 5.41) is 13.2. The molecule has 1 unspecified atom stereocenters. The van der Waals surface area contributed by atoms with E-state index in [9.17, 15) is 0 Å². The molecule has 0 fully saturated rings. The molecule has 0 aromatic heterocycles. The number of nitrogens with zero attached hydrogens (tertiary/aromatic N) is 1. The van der Waals surface area contributed by atoms with Gasteiger partial charge in [-0.3, -0.25) is 0 Å². The Morgan fingerprint density at radius 1 is 1.25 bits per heavy atom. The zero-order valence-corrected chi connectivity index (χ0v) is 12.1. The van der Waals surface area contributed by atoms with E-state index in [0.717, 1.165) is 11.3 Å². The van der Waals surface area contributed by atoms with Crippen molar-refractivity contribution in [2.24, 2.45) is 0 Å². The molecule has 0 saturated heterocycles. The fourth-order valence-electron chi connectivity index (χ4n) is 2.00. The Morgan fingerprint density at radius 2 is 2.00 bits per heavy atom. The van der Waals surface area contributed by atoms with Gasteiger partial charge in [0.05, 0.1) is 24.4 Å². The van der Waals surface area contributed by atoms with Gasteiger partial charge in [-0.05, 0) is 30.7 Å². The molecule has 0 aliphatic heterocycles. The minimum absolute atomic E-state index is 0.0112. The van der Waals surface area contributed by atoms with Crippen LogP contribution in [0.2, 0.25) is 5.02 Å². The van der Waals surface area contributed by atoms with Gasteiger partial charge in [0.15, 0.2) is 0 Å². The van der Waals surface area contributed by atoms with Crippen molar-refractivity contribution >= 4 is 17.3 Å². The Labute approximate surface area is 123 Å². The van der Waals surface area contributed by atoms with Gasteiger partial charge in [-0.1, -0.05) is 29.8 Å². The van der Waals surface area contributed by atoms with Gasteiger partial charge >= 0.3 is 0 Å². The Kier molecular flexibility index (Phi) is 4.49. The minimum Gasteiger partial charge on any atom is -0.497 e. The van der Waals surface area contributed by atoms with Crippen LogP contribution in [0.1, 0.15) is 24.1 Å². The van der Waals surface area contributed by atoms with Crippen molar-refractivity contribution in [1.82, 2.24) is 0 Å². The van der Waals surface area contributed by atoms with Gasteiger partial charge in [0.1, 0.15) is 11.8 Å². The van der Waals surface area contributed by atoms with Gasteiger partial charge in [-0.2, -0.15) is 5.26 Å². The average Bonchev–Trinajstić information content (AvgIpc) is 2.47. The standard InChI is InChI=1S/C16H15ClN2O/c1-11(14-5-3-4-6-15(14)17)19-16-9-13(20-2)8-7-12(16)10-18/h3-9,11,19H,1-2H3. The summed E-state index contributed by atoms with van der Waals surface area (Å²) < 4.78 is 5.19. The van der Waals surface area contributed by atoms with E-state index in [2.05, 4.69) is 11.4 Å². The van der Waals surface area contributed by atoms with E-state index >= 15 is 0 Å². The van der Waals surface area contributed by atoms with Crippen LogP contribution in [0.3, 0.4) is 0 Å². The van der Waals surface area contributed by atoms with Gasteiger partial charge in [0, 0.05) is 11.1 Å². The van der Waals surface area contributed by atoms with E-state index < -0.39 is 0 Å². The highest BCUT2D eigenvalue weighted by molar-refractivity contribution is 6.31. The van der Waals surface area contributed by atoms with Crippen LogP contribution in [0.25, 0.3) is 0 Å². The van der Waals surface area contributed by atoms with Crippen LogP contribution in [0.5, 0.6) is 5.75 Å². The minimum atomic E-state index is -0.0112. The number of nitriles is 1. The van der Waals surface area contributed by atoms with Crippen LogP contribution in [-0.2, 0) is 0 Å². The van der Waals surface area contributed by atoms with E-state index in [4.69, 9.17) is 21.6 Å². The van der Waals surface area contributed by atoms with Gasteiger partial charge in [0.25, 0.3) is 0 Å². The third kappa shape index (κ3) is 3.04. The number of methoxy groups -OCH3 is 1. The largest absolute Gasteiger partial charge is 0.497 e. The molecule has 20 heavy (non-hydrogen) atoms. The predicted octanol–water partition coefficient (Wildman–Crippen LogP) is 4.39. The highest BCUT2D eigenvalue weighted by atomic mass is 35.5. The van der Waals surface area contributed by atoms with E-state index in [1.54, 1.807) is 19.2 Å². The fourth-order valence-corrected chi connectivity index (χ4v) is 2.30. The number of benzene rings is 2. The molecule has 1 N–H and O–H groups in total. The van der Waals surface area contributed by atoms with Crippen LogP contribution in [-0.4, -0.2) is 7.11 Å². The van der Waals surface area contributed by atoms with Crippen molar-refractivity contribution in [3.8, 4) is 11.8 Å². The molecule has 0 aliphatic carbocycles. The number of halogens is 1. The zero-order chi connectivity index (χ0) is 14.5. The fraction of sp³-hybridized carbons (Fsp3) is 0.188. The third-order valence-corrected chi connectivity index (χ3v) is 3.44. The summed E-state index contributed by atoms with van der Waals surface area (Å²) in [6.45, 7) is 2.00. The number of hydrogen-bond donors (Lipinski definition) is 1. The Hall–Kier alpha value is -2.18. The topological polar surface area (TPSA) is 45.0 Å². The predicted molar refractivity (Wildman–Crippen MR) is 81.2 cm³/mol. The molecule has 0 radical (unpaired) electrons. The first-order valence-corrected chi connectivity index (χ1v) is 6.62. The number of hydrogen-bond acceptors (Lipinski definition) is 3. The number of anilines is 1. The quantitative estimate of drug-likeness (QED) is 0.906. The lowest BCUT2D eigenvalue weighted by atomic mass is 10.1. The van der Waals surface area contributed by atoms with E-state index in [-0.39, 0.29) is 6.04 Å².